The molecule has 0 spiro atoms. The molecule has 0 atom stereocenters. The fourth-order valence-corrected chi connectivity index (χ4v) is 1.77. The van der Waals surface area contributed by atoms with Crippen molar-refractivity contribution in [2.24, 2.45) is 0 Å². The van der Waals surface area contributed by atoms with Gasteiger partial charge in [-0.2, -0.15) is 0 Å². The molecule has 0 bridgehead atoms. The van der Waals surface area contributed by atoms with Gasteiger partial charge in [-0.1, -0.05) is 18.2 Å². The van der Waals surface area contributed by atoms with Gasteiger partial charge in [-0.25, -0.2) is 9.18 Å². The molecule has 0 aliphatic heterocycles. The van der Waals surface area contributed by atoms with Crippen LogP contribution in [0.3, 0.4) is 0 Å². The number of methoxy groups -OCH3 is 1. The van der Waals surface area contributed by atoms with E-state index in [0.29, 0.717) is 0 Å². The Labute approximate surface area is 131 Å². The Hall–Kier alpha value is -3.22. The van der Waals surface area contributed by atoms with Crippen molar-refractivity contribution < 1.29 is 23.5 Å². The molecule has 2 aromatic carbocycles. The first kappa shape index (κ1) is 16.2. The zero-order chi connectivity index (χ0) is 16.8. The van der Waals surface area contributed by atoms with Crippen LogP contribution in [0.25, 0.3) is 0 Å². The van der Waals surface area contributed by atoms with E-state index in [1.165, 1.54) is 49.6 Å². The number of para-hydroxylation sites is 1. The van der Waals surface area contributed by atoms with Crippen molar-refractivity contribution in [2.75, 3.05) is 17.7 Å². The number of esters is 1. The second-order valence-electron chi connectivity index (χ2n) is 4.46. The van der Waals surface area contributed by atoms with Crippen molar-refractivity contribution >= 4 is 29.2 Å². The lowest BCUT2D eigenvalue weighted by Crippen LogP contribution is -2.29. The lowest BCUT2D eigenvalue weighted by molar-refractivity contribution is -0.133. The van der Waals surface area contributed by atoms with Crippen molar-refractivity contribution in [3.05, 3.63) is 59.9 Å². The molecule has 7 heteroatoms. The first-order valence-electron chi connectivity index (χ1n) is 6.56. The third-order valence-corrected chi connectivity index (χ3v) is 2.87. The zero-order valence-corrected chi connectivity index (χ0v) is 12.1. The van der Waals surface area contributed by atoms with Crippen LogP contribution in [-0.2, 0) is 14.3 Å². The predicted octanol–water partition coefficient (Wildman–Crippen LogP) is 2.19. The first-order valence-corrected chi connectivity index (χ1v) is 6.56. The molecule has 0 saturated heterocycles. The molecule has 2 N–H and O–H groups in total. The molecule has 0 aliphatic carbocycles. The van der Waals surface area contributed by atoms with Gasteiger partial charge in [0.15, 0.2) is 0 Å². The van der Waals surface area contributed by atoms with Crippen LogP contribution in [0.15, 0.2) is 48.5 Å². The van der Waals surface area contributed by atoms with Crippen LogP contribution >= 0.6 is 0 Å². The summed E-state index contributed by atoms with van der Waals surface area (Å²) in [6.45, 7) is 0. The molecule has 0 aromatic heterocycles. The number of hydrogen-bond donors (Lipinski definition) is 2. The number of anilines is 2. The highest BCUT2D eigenvalue weighted by atomic mass is 19.1. The Kier molecular flexibility index (Phi) is 5.03. The fraction of sp³-hybridized carbons (Fsp3) is 0.0625. The van der Waals surface area contributed by atoms with Crippen molar-refractivity contribution in [1.29, 1.82) is 0 Å². The average Bonchev–Trinajstić information content (AvgIpc) is 2.56. The molecular weight excluding hydrogens is 303 g/mol. The third kappa shape index (κ3) is 4.13. The van der Waals surface area contributed by atoms with Gasteiger partial charge in [-0.15, -0.1) is 0 Å². The third-order valence-electron chi connectivity index (χ3n) is 2.87. The molecule has 0 fully saturated rings. The van der Waals surface area contributed by atoms with E-state index in [0.717, 1.165) is 6.07 Å². The lowest BCUT2D eigenvalue weighted by Gasteiger charge is -2.08. The number of carbonyl (C=O) groups excluding carboxylic acids is 3. The maximum absolute atomic E-state index is 13.4. The topological polar surface area (TPSA) is 84.5 Å². The maximum Gasteiger partial charge on any atom is 0.337 e. The van der Waals surface area contributed by atoms with Crippen LogP contribution in [0.5, 0.6) is 0 Å². The van der Waals surface area contributed by atoms with Crippen molar-refractivity contribution in [3.8, 4) is 0 Å². The van der Waals surface area contributed by atoms with E-state index in [4.69, 9.17) is 0 Å². The van der Waals surface area contributed by atoms with Crippen LogP contribution in [0, 0.1) is 5.82 Å². The molecule has 0 radical (unpaired) electrons. The second-order valence-corrected chi connectivity index (χ2v) is 4.46. The van der Waals surface area contributed by atoms with Crippen LogP contribution in [0.1, 0.15) is 10.4 Å². The van der Waals surface area contributed by atoms with Gasteiger partial charge in [-0.05, 0) is 30.3 Å². The molecule has 23 heavy (non-hydrogen) atoms. The van der Waals surface area contributed by atoms with E-state index in [-0.39, 0.29) is 16.9 Å². The summed E-state index contributed by atoms with van der Waals surface area (Å²) < 4.78 is 18.0. The van der Waals surface area contributed by atoms with Gasteiger partial charge in [0.25, 0.3) is 0 Å². The SMILES string of the molecule is COC(=O)c1cccc(NC(=O)C(=O)Nc2ccccc2F)c1. The molecule has 0 saturated carbocycles. The van der Waals surface area contributed by atoms with Gasteiger partial charge in [0.1, 0.15) is 5.82 Å². The number of ether oxygens (including phenoxy) is 1. The summed E-state index contributed by atoms with van der Waals surface area (Å²) in [7, 11) is 1.23. The molecule has 2 amide bonds. The van der Waals surface area contributed by atoms with E-state index in [9.17, 15) is 18.8 Å². The molecule has 2 rings (SSSR count). The molecule has 118 valence electrons. The monoisotopic (exact) mass is 316 g/mol. The molecule has 0 unspecified atom stereocenters. The van der Waals surface area contributed by atoms with Gasteiger partial charge in [0, 0.05) is 5.69 Å². The van der Waals surface area contributed by atoms with Gasteiger partial charge in [0.05, 0.1) is 18.4 Å². The largest absolute Gasteiger partial charge is 0.465 e. The summed E-state index contributed by atoms with van der Waals surface area (Å²) in [6.07, 6.45) is 0. The predicted molar refractivity (Wildman–Crippen MR) is 81.4 cm³/mol. The lowest BCUT2D eigenvalue weighted by atomic mass is 10.2. The van der Waals surface area contributed by atoms with Crippen LogP contribution < -0.4 is 10.6 Å². The summed E-state index contributed by atoms with van der Waals surface area (Å²) in [5.41, 5.74) is 0.359. The Morgan fingerprint density at radius 1 is 0.957 bits per heavy atom. The average molecular weight is 316 g/mol. The van der Waals surface area contributed by atoms with Crippen LogP contribution in [0.2, 0.25) is 0 Å². The van der Waals surface area contributed by atoms with E-state index in [1.54, 1.807) is 0 Å². The number of halogens is 1. The summed E-state index contributed by atoms with van der Waals surface area (Å²) in [5, 5.41) is 4.48. The summed E-state index contributed by atoms with van der Waals surface area (Å²) in [5.74, 6) is -3.24. The van der Waals surface area contributed by atoms with E-state index < -0.39 is 23.6 Å². The highest BCUT2D eigenvalue weighted by Gasteiger charge is 2.16. The van der Waals surface area contributed by atoms with Gasteiger partial charge < -0.3 is 15.4 Å². The molecular formula is C16H13FN2O4. The number of carbonyl (C=O) groups is 3. The maximum atomic E-state index is 13.4. The summed E-state index contributed by atoms with van der Waals surface area (Å²) in [6, 6.07) is 11.4. The minimum Gasteiger partial charge on any atom is -0.465 e. The standard InChI is InChI=1S/C16H13FN2O4/c1-23-16(22)10-5-4-6-11(9-10)18-14(20)15(21)19-13-8-3-2-7-12(13)17/h2-9H,1H3,(H,18,20)(H,19,21). The van der Waals surface area contributed by atoms with Crippen molar-refractivity contribution in [3.63, 3.8) is 0 Å². The molecule has 6 nitrogen and oxygen atoms in total. The van der Waals surface area contributed by atoms with Crippen LogP contribution in [0.4, 0.5) is 15.8 Å². The molecule has 0 aliphatic rings. The van der Waals surface area contributed by atoms with Gasteiger partial charge in [-0.3, -0.25) is 9.59 Å². The quantitative estimate of drug-likeness (QED) is 0.671. The van der Waals surface area contributed by atoms with Crippen molar-refractivity contribution in [1.82, 2.24) is 0 Å². The molecule has 2 aromatic rings. The zero-order valence-electron chi connectivity index (χ0n) is 12.1. The smallest absolute Gasteiger partial charge is 0.337 e. The highest BCUT2D eigenvalue weighted by Crippen LogP contribution is 2.14. The summed E-state index contributed by atoms with van der Waals surface area (Å²) >= 11 is 0. The van der Waals surface area contributed by atoms with Crippen molar-refractivity contribution in [2.45, 2.75) is 0 Å². The van der Waals surface area contributed by atoms with Gasteiger partial charge >= 0.3 is 17.8 Å². The van der Waals surface area contributed by atoms with E-state index in [1.807, 2.05) is 0 Å². The highest BCUT2D eigenvalue weighted by molar-refractivity contribution is 6.43. The summed E-state index contributed by atoms with van der Waals surface area (Å²) in [4.78, 5) is 35.0. The number of benzene rings is 2. The second kappa shape index (κ2) is 7.17. The number of rotatable bonds is 3. The number of nitrogens with one attached hydrogen (secondary N) is 2. The molecule has 0 heterocycles. The Balaban J connectivity index is 2.05. The fourth-order valence-electron chi connectivity index (χ4n) is 1.77. The Morgan fingerprint density at radius 3 is 2.35 bits per heavy atom. The Bertz CT molecular complexity index is 761. The normalized spacial score (nSPS) is 9.83. The Morgan fingerprint density at radius 2 is 1.65 bits per heavy atom. The first-order chi connectivity index (χ1) is 11.0. The van der Waals surface area contributed by atoms with E-state index in [2.05, 4.69) is 15.4 Å². The number of amides is 2. The van der Waals surface area contributed by atoms with Gasteiger partial charge in [0.2, 0.25) is 0 Å². The van der Waals surface area contributed by atoms with E-state index >= 15 is 0 Å². The number of hydrogen-bond acceptors (Lipinski definition) is 4. The minimum absolute atomic E-state index is 0.101. The minimum atomic E-state index is -1.03. The van der Waals surface area contributed by atoms with Crippen LogP contribution in [-0.4, -0.2) is 24.9 Å².